The molecule has 0 aliphatic carbocycles. The maximum atomic E-state index is 14.8. The van der Waals surface area contributed by atoms with E-state index in [-0.39, 0.29) is 0 Å². The van der Waals surface area contributed by atoms with Gasteiger partial charge in [-0.3, -0.25) is 0 Å². The van der Waals surface area contributed by atoms with Crippen LogP contribution in [0.1, 0.15) is 29.7 Å². The van der Waals surface area contributed by atoms with E-state index in [1.807, 2.05) is 0 Å². The Morgan fingerprint density at radius 2 is 0.930 bits per heavy atom. The van der Waals surface area contributed by atoms with Crippen molar-refractivity contribution in [3.63, 3.8) is 0 Å². The molecule has 0 radical (unpaired) electrons. The monoisotopic (exact) mass is 649 g/mol. The van der Waals surface area contributed by atoms with Gasteiger partial charge in [-0.15, -0.1) is 0 Å². The Labute approximate surface area is 235 Å². The van der Waals surface area contributed by atoms with Crippen LogP contribution in [-0.4, -0.2) is 31.0 Å². The zero-order valence-electron chi connectivity index (χ0n) is 21.6. The predicted molar refractivity (Wildman–Crippen MR) is 132 cm³/mol. The van der Waals surface area contributed by atoms with Crippen LogP contribution in [0, 0.1) is 0 Å². The number of benzene rings is 3. The summed E-state index contributed by atoms with van der Waals surface area (Å²) in [6, 6.07) is 11.7. The molecule has 3 nitrogen and oxygen atoms in total. The summed E-state index contributed by atoms with van der Waals surface area (Å²) in [5.41, 5.74) is -13.7. The van der Waals surface area contributed by atoms with Gasteiger partial charge in [0.15, 0.2) is 0 Å². The first-order valence-electron chi connectivity index (χ1n) is 12.4. The van der Waals surface area contributed by atoms with Gasteiger partial charge in [-0.2, -0.15) is 0 Å². The number of hydrogen-bond donors (Lipinski definition) is 1. The van der Waals surface area contributed by atoms with Gasteiger partial charge in [0.05, 0.1) is 0 Å². The molecule has 0 bridgehead atoms. The standard InChI is InChI=1S/C27H20F12NO2P/c1-16(17-9-3-2-4-10-17)40-15-43(20-13-7-5-11-18(20)22(41-43,24(28,29)30)25(31,32)33)21-14-8-6-12-19(21)23(42-43,26(34,35)36)27(37,38)39/h2-14,16,40H,15H2,1H3/t16-/m1/s1. The van der Waals surface area contributed by atoms with Gasteiger partial charge >= 0.3 is 235 Å². The second kappa shape index (κ2) is 9.32. The van der Waals surface area contributed by atoms with Crippen molar-refractivity contribution >= 4 is 17.7 Å². The molecular weight excluding hydrogens is 629 g/mol. The molecule has 16 heteroatoms. The molecule has 5 rings (SSSR count). The molecule has 1 atom stereocenters. The molecule has 0 fully saturated rings. The molecule has 3 aromatic carbocycles. The number of rotatable bonds is 4. The summed E-state index contributed by atoms with van der Waals surface area (Å²) in [5.74, 6) is 0. The number of fused-ring (bicyclic) bond motifs is 4. The fourth-order valence-electron chi connectivity index (χ4n) is 5.89. The molecule has 2 heterocycles. The molecule has 0 unspecified atom stereocenters. The zero-order valence-corrected chi connectivity index (χ0v) is 22.5. The van der Waals surface area contributed by atoms with Gasteiger partial charge < -0.3 is 0 Å². The Kier molecular flexibility index (Phi) is 6.84. The summed E-state index contributed by atoms with van der Waals surface area (Å²) in [6.45, 7) is 1.37. The number of hydrogen-bond acceptors (Lipinski definition) is 3. The van der Waals surface area contributed by atoms with Crippen molar-refractivity contribution in [1.29, 1.82) is 0 Å². The van der Waals surface area contributed by atoms with E-state index in [0.717, 1.165) is 24.3 Å². The average molecular weight is 649 g/mol. The van der Waals surface area contributed by atoms with Gasteiger partial charge in [0.1, 0.15) is 0 Å². The molecule has 1 N–H and O–H groups in total. The summed E-state index contributed by atoms with van der Waals surface area (Å²) >= 11 is 0. The number of halogens is 12. The van der Waals surface area contributed by atoms with Crippen LogP contribution in [0.25, 0.3) is 0 Å². The molecule has 0 saturated carbocycles. The fraction of sp³-hybridized carbons (Fsp3) is 0.333. The Balaban J connectivity index is 1.93. The topological polar surface area (TPSA) is 30.5 Å². The van der Waals surface area contributed by atoms with E-state index in [0.29, 0.717) is 29.8 Å². The molecular formula is C27H20F12NO2P. The molecule has 2 aliphatic heterocycles. The predicted octanol–water partition coefficient (Wildman–Crippen LogP) is 8.03. The van der Waals surface area contributed by atoms with Crippen LogP contribution in [0.3, 0.4) is 0 Å². The van der Waals surface area contributed by atoms with E-state index in [2.05, 4.69) is 5.32 Å². The van der Waals surface area contributed by atoms with Crippen LogP contribution in [-0.2, 0) is 20.2 Å². The van der Waals surface area contributed by atoms with Crippen LogP contribution >= 0.6 is 7.06 Å². The molecule has 2 aliphatic rings. The first-order valence-corrected chi connectivity index (χ1v) is 14.6. The van der Waals surface area contributed by atoms with Crippen LogP contribution in [0.2, 0.25) is 0 Å². The minimum atomic E-state index is -6.80. The van der Waals surface area contributed by atoms with Gasteiger partial charge in [0, 0.05) is 0 Å². The third-order valence-electron chi connectivity index (χ3n) is 7.78. The van der Waals surface area contributed by atoms with E-state index < -0.39 is 77.0 Å². The molecule has 0 amide bonds. The normalized spacial score (nSPS) is 21.9. The molecule has 234 valence electrons. The third-order valence-corrected chi connectivity index (χ3v) is 12.6. The van der Waals surface area contributed by atoms with Crippen molar-refractivity contribution in [3.8, 4) is 0 Å². The Hall–Kier alpha value is -2.87. The van der Waals surface area contributed by atoms with Gasteiger partial charge in [0.25, 0.3) is 0 Å². The quantitative estimate of drug-likeness (QED) is 0.230. The first kappa shape index (κ1) is 31.6. The van der Waals surface area contributed by atoms with Crippen molar-refractivity contribution in [2.75, 3.05) is 6.29 Å². The summed E-state index contributed by atoms with van der Waals surface area (Å²) in [4.78, 5) is 0. The second-order valence-electron chi connectivity index (χ2n) is 10.2. The summed E-state index contributed by atoms with van der Waals surface area (Å²) in [5, 5.41) is 0.175. The Morgan fingerprint density at radius 3 is 1.30 bits per heavy atom. The van der Waals surface area contributed by atoms with Gasteiger partial charge in [-0.1, -0.05) is 0 Å². The Morgan fingerprint density at radius 1 is 0.581 bits per heavy atom. The van der Waals surface area contributed by atoms with Crippen LogP contribution in [0.15, 0.2) is 78.9 Å². The van der Waals surface area contributed by atoms with Crippen LogP contribution in [0.5, 0.6) is 0 Å². The third kappa shape index (κ3) is 4.00. The van der Waals surface area contributed by atoms with Crippen molar-refractivity contribution < 1.29 is 61.7 Å². The fourth-order valence-corrected chi connectivity index (χ4v) is 11.6. The second-order valence-corrected chi connectivity index (χ2v) is 14.1. The van der Waals surface area contributed by atoms with Crippen molar-refractivity contribution in [2.45, 2.75) is 48.9 Å². The van der Waals surface area contributed by atoms with E-state index in [1.165, 1.54) is 31.2 Å². The Bertz CT molecular complexity index is 1410. The van der Waals surface area contributed by atoms with Crippen LogP contribution < -0.4 is 15.9 Å². The van der Waals surface area contributed by atoms with Crippen molar-refractivity contribution in [2.24, 2.45) is 0 Å². The molecule has 0 saturated heterocycles. The summed E-state index contributed by atoms with van der Waals surface area (Å²) in [6.07, 6.45) is -27.0. The van der Waals surface area contributed by atoms with Crippen molar-refractivity contribution in [3.05, 3.63) is 95.6 Å². The first-order chi connectivity index (χ1) is 19.7. The molecule has 0 aromatic heterocycles. The average Bonchev–Trinajstić information content (AvgIpc) is 3.36. The van der Waals surface area contributed by atoms with E-state index in [4.69, 9.17) is 9.05 Å². The van der Waals surface area contributed by atoms with Gasteiger partial charge in [-0.05, 0) is 0 Å². The van der Waals surface area contributed by atoms with E-state index in [9.17, 15) is 52.7 Å². The SMILES string of the molecule is C[C@@H](NCP12(OC(C(F)(F)F)(C(F)(F)F)c3ccccc31)OC(C(F)(F)F)(C(F)(F)F)c1ccccc12)c1ccccc1. The maximum absolute atomic E-state index is 14.8. The summed E-state index contributed by atoms with van der Waals surface area (Å²) < 4.78 is 187. The number of nitrogens with one attached hydrogen (secondary N) is 1. The molecule has 1 spiro atoms. The van der Waals surface area contributed by atoms with E-state index >= 15 is 0 Å². The van der Waals surface area contributed by atoms with E-state index in [1.54, 1.807) is 6.07 Å². The minimum absolute atomic E-state index is 0.325. The van der Waals surface area contributed by atoms with Gasteiger partial charge in [0.2, 0.25) is 0 Å². The van der Waals surface area contributed by atoms with Crippen molar-refractivity contribution in [1.82, 2.24) is 5.32 Å². The molecule has 43 heavy (non-hydrogen) atoms. The van der Waals surface area contributed by atoms with Crippen LogP contribution in [0.4, 0.5) is 52.7 Å². The summed E-state index contributed by atoms with van der Waals surface area (Å²) in [7, 11) is -6.80. The molecule has 3 aromatic rings. The number of alkyl halides is 12. The van der Waals surface area contributed by atoms with Gasteiger partial charge in [-0.25, -0.2) is 0 Å². The zero-order chi connectivity index (χ0) is 31.9.